The Balaban J connectivity index is 1.93. The summed E-state index contributed by atoms with van der Waals surface area (Å²) in [5.74, 6) is 0.834. The second-order valence-corrected chi connectivity index (χ2v) is 5.32. The minimum atomic E-state index is 0.157. The van der Waals surface area contributed by atoms with E-state index in [4.69, 9.17) is 17.3 Å². The maximum Gasteiger partial charge on any atom is 0.227 e. The molecule has 1 aromatic carbocycles. The normalized spacial score (nSPS) is 18.1. The number of halogens is 1. The average molecular weight is 265 g/mol. The lowest BCUT2D eigenvalue weighted by Gasteiger charge is -2.06. The van der Waals surface area contributed by atoms with E-state index >= 15 is 0 Å². The molecule has 0 saturated carbocycles. The molecule has 0 amide bonds. The number of nitrogen functional groups attached to an aromatic ring is 1. The molecule has 2 heterocycles. The first-order chi connectivity index (χ1) is 8.22. The third-order valence-corrected chi connectivity index (χ3v) is 4.06. The number of rotatable bonds is 1. The van der Waals surface area contributed by atoms with Gasteiger partial charge in [0.2, 0.25) is 11.2 Å². The van der Waals surface area contributed by atoms with Gasteiger partial charge in [-0.05, 0) is 29.7 Å². The van der Waals surface area contributed by atoms with E-state index in [9.17, 15) is 0 Å². The van der Waals surface area contributed by atoms with Gasteiger partial charge in [0.1, 0.15) is 5.82 Å². The quantitative estimate of drug-likeness (QED) is 0.857. The van der Waals surface area contributed by atoms with Crippen molar-refractivity contribution in [2.45, 2.75) is 16.6 Å². The molecule has 1 unspecified atom stereocenters. The van der Waals surface area contributed by atoms with Crippen LogP contribution in [0, 0.1) is 0 Å². The van der Waals surface area contributed by atoms with Crippen LogP contribution in [0.25, 0.3) is 0 Å². The number of aromatic nitrogens is 3. The summed E-state index contributed by atoms with van der Waals surface area (Å²) in [5, 5.41) is 0.333. The fourth-order valence-electron chi connectivity index (χ4n) is 1.85. The first kappa shape index (κ1) is 10.8. The lowest BCUT2D eigenvalue weighted by atomic mass is 10.1. The van der Waals surface area contributed by atoms with E-state index in [0.29, 0.717) is 5.82 Å². The molecule has 4 nitrogen and oxygen atoms in total. The topological polar surface area (TPSA) is 64.7 Å². The molecular weight excluding hydrogens is 256 g/mol. The first-order valence-electron chi connectivity index (χ1n) is 5.14. The summed E-state index contributed by atoms with van der Waals surface area (Å²) in [4.78, 5) is 13.3. The van der Waals surface area contributed by atoms with Crippen LogP contribution < -0.4 is 5.73 Å². The van der Waals surface area contributed by atoms with Gasteiger partial charge < -0.3 is 5.73 Å². The van der Waals surface area contributed by atoms with Crippen molar-refractivity contribution in [1.29, 1.82) is 0 Å². The van der Waals surface area contributed by atoms with Crippen LogP contribution in [-0.4, -0.2) is 15.0 Å². The van der Waals surface area contributed by atoms with E-state index in [1.807, 2.05) is 12.1 Å². The van der Waals surface area contributed by atoms with Crippen molar-refractivity contribution in [2.75, 3.05) is 5.73 Å². The fourth-order valence-corrected chi connectivity index (χ4v) is 3.26. The largest absolute Gasteiger partial charge is 0.368 e. The molecule has 3 rings (SSSR count). The zero-order chi connectivity index (χ0) is 11.8. The molecule has 0 aliphatic carbocycles. The molecule has 2 aromatic rings. The summed E-state index contributed by atoms with van der Waals surface area (Å²) >= 11 is 7.53. The minimum Gasteiger partial charge on any atom is -0.368 e. The molecule has 1 aliphatic rings. The van der Waals surface area contributed by atoms with Gasteiger partial charge >= 0.3 is 0 Å². The minimum absolute atomic E-state index is 0.157. The molecule has 0 saturated heterocycles. The van der Waals surface area contributed by atoms with Crippen molar-refractivity contribution in [2.24, 2.45) is 0 Å². The zero-order valence-corrected chi connectivity index (χ0v) is 10.4. The van der Waals surface area contributed by atoms with Gasteiger partial charge in [-0.1, -0.05) is 18.2 Å². The second kappa shape index (κ2) is 4.16. The van der Waals surface area contributed by atoms with E-state index in [1.54, 1.807) is 11.8 Å². The molecule has 0 bridgehead atoms. The van der Waals surface area contributed by atoms with Crippen molar-refractivity contribution >= 4 is 29.3 Å². The highest BCUT2D eigenvalue weighted by molar-refractivity contribution is 7.99. The second-order valence-electron chi connectivity index (χ2n) is 3.74. The highest BCUT2D eigenvalue weighted by Gasteiger charge is 2.26. The van der Waals surface area contributed by atoms with Crippen molar-refractivity contribution in [3.05, 3.63) is 40.9 Å². The van der Waals surface area contributed by atoms with E-state index in [2.05, 4.69) is 27.1 Å². The Bertz CT molecular complexity index is 530. The van der Waals surface area contributed by atoms with Gasteiger partial charge in [-0.25, -0.2) is 4.98 Å². The standard InChI is InChI=1S/C11H9ClN4S/c12-10-14-9(15-11(13)16-10)8-5-6-3-1-2-4-7(6)17-8/h1-4,8H,5H2,(H2,13,14,15,16). The maximum atomic E-state index is 5.79. The van der Waals surface area contributed by atoms with Gasteiger partial charge in [-0.15, -0.1) is 11.8 Å². The number of hydrogen-bond acceptors (Lipinski definition) is 5. The number of hydrogen-bond donors (Lipinski definition) is 1. The summed E-state index contributed by atoms with van der Waals surface area (Å²) in [5.41, 5.74) is 6.89. The zero-order valence-electron chi connectivity index (χ0n) is 8.80. The molecule has 0 spiro atoms. The molecule has 1 aromatic heterocycles. The maximum absolute atomic E-state index is 5.79. The van der Waals surface area contributed by atoms with Crippen LogP contribution >= 0.6 is 23.4 Å². The molecule has 86 valence electrons. The summed E-state index contributed by atoms with van der Waals surface area (Å²) in [6.07, 6.45) is 0.903. The van der Waals surface area contributed by atoms with Crippen LogP contribution in [0.15, 0.2) is 29.2 Å². The molecule has 1 atom stereocenters. The molecule has 2 N–H and O–H groups in total. The van der Waals surface area contributed by atoms with Gasteiger partial charge in [0, 0.05) is 4.90 Å². The van der Waals surface area contributed by atoms with Gasteiger partial charge in [0.15, 0.2) is 0 Å². The highest BCUT2D eigenvalue weighted by atomic mass is 35.5. The Labute approximate surface area is 108 Å². The molecule has 6 heteroatoms. The summed E-state index contributed by atoms with van der Waals surface area (Å²) in [6.45, 7) is 0. The molecule has 0 fully saturated rings. The molecular formula is C11H9ClN4S. The van der Waals surface area contributed by atoms with Crippen molar-refractivity contribution in [1.82, 2.24) is 15.0 Å². The van der Waals surface area contributed by atoms with Crippen LogP contribution in [0.3, 0.4) is 0 Å². The van der Waals surface area contributed by atoms with E-state index in [-0.39, 0.29) is 16.5 Å². The summed E-state index contributed by atoms with van der Waals surface area (Å²) < 4.78 is 0. The SMILES string of the molecule is Nc1nc(Cl)nc(C2Cc3ccccc3S2)n1. The predicted octanol–water partition coefficient (Wildman–Crippen LogP) is 2.50. The molecule has 1 aliphatic heterocycles. The summed E-state index contributed by atoms with van der Waals surface area (Å²) in [7, 11) is 0. The van der Waals surface area contributed by atoms with Crippen LogP contribution in [0.2, 0.25) is 5.28 Å². The van der Waals surface area contributed by atoms with E-state index < -0.39 is 0 Å². The fraction of sp³-hybridized carbons (Fsp3) is 0.182. The van der Waals surface area contributed by atoms with E-state index in [1.165, 1.54) is 10.5 Å². The van der Waals surface area contributed by atoms with Crippen molar-refractivity contribution in [3.8, 4) is 0 Å². The number of fused-ring (bicyclic) bond motifs is 1. The predicted molar refractivity (Wildman–Crippen MR) is 68.0 cm³/mol. The Kier molecular flexibility index (Phi) is 2.64. The number of nitrogens with two attached hydrogens (primary N) is 1. The van der Waals surface area contributed by atoms with Crippen LogP contribution in [0.4, 0.5) is 5.95 Å². The number of nitrogens with zero attached hydrogens (tertiary/aromatic N) is 3. The van der Waals surface area contributed by atoms with Crippen LogP contribution in [0.1, 0.15) is 16.6 Å². The van der Waals surface area contributed by atoms with Gasteiger partial charge in [-0.3, -0.25) is 0 Å². The molecule has 17 heavy (non-hydrogen) atoms. The summed E-state index contributed by atoms with van der Waals surface area (Å²) in [6, 6.07) is 8.29. The number of benzene rings is 1. The van der Waals surface area contributed by atoms with E-state index in [0.717, 1.165) is 6.42 Å². The Morgan fingerprint density at radius 3 is 2.82 bits per heavy atom. The average Bonchev–Trinajstić information content (AvgIpc) is 2.71. The van der Waals surface area contributed by atoms with Gasteiger partial charge in [-0.2, -0.15) is 9.97 Å². The van der Waals surface area contributed by atoms with Crippen LogP contribution in [-0.2, 0) is 6.42 Å². The van der Waals surface area contributed by atoms with Crippen molar-refractivity contribution < 1.29 is 0 Å². The number of anilines is 1. The number of thioether (sulfide) groups is 1. The Morgan fingerprint density at radius 2 is 2.06 bits per heavy atom. The lowest BCUT2D eigenvalue weighted by Crippen LogP contribution is -2.06. The van der Waals surface area contributed by atoms with Gasteiger partial charge in [0.25, 0.3) is 0 Å². The first-order valence-corrected chi connectivity index (χ1v) is 6.39. The van der Waals surface area contributed by atoms with Crippen molar-refractivity contribution in [3.63, 3.8) is 0 Å². The molecule has 0 radical (unpaired) electrons. The Hall–Kier alpha value is -1.33. The highest BCUT2D eigenvalue weighted by Crippen LogP contribution is 2.45. The third-order valence-electron chi connectivity index (χ3n) is 2.58. The lowest BCUT2D eigenvalue weighted by molar-refractivity contribution is 0.834. The van der Waals surface area contributed by atoms with Crippen LogP contribution in [0.5, 0.6) is 0 Å². The smallest absolute Gasteiger partial charge is 0.227 e. The Morgan fingerprint density at radius 1 is 1.24 bits per heavy atom. The third kappa shape index (κ3) is 2.08. The van der Waals surface area contributed by atoms with Gasteiger partial charge in [0.05, 0.1) is 5.25 Å². The monoisotopic (exact) mass is 264 g/mol.